The fourth-order valence-corrected chi connectivity index (χ4v) is 14.6. The van der Waals surface area contributed by atoms with Crippen LogP contribution in [-0.2, 0) is 23.7 Å². The average molecular weight is 1660 g/mol. The van der Waals surface area contributed by atoms with Crippen molar-refractivity contribution in [1.82, 2.24) is 29.7 Å². The molecule has 1 unspecified atom stereocenters. The molecule has 2 saturated heterocycles. The highest BCUT2D eigenvalue weighted by Gasteiger charge is 2.44. The Hall–Kier alpha value is -14.4. The molecule has 8 aromatic heterocycles. The molecule has 17 rings (SSSR count). The topological polar surface area (TPSA) is 406 Å². The summed E-state index contributed by atoms with van der Waals surface area (Å²) in [5.41, 5.74) is -0.309. The van der Waals surface area contributed by atoms with Crippen LogP contribution in [0.15, 0.2) is 175 Å². The van der Waals surface area contributed by atoms with Gasteiger partial charge in [-0.05, 0) is 158 Å². The highest BCUT2D eigenvalue weighted by molar-refractivity contribution is 7.99. The van der Waals surface area contributed by atoms with Crippen molar-refractivity contribution < 1.29 is 117 Å². The SMILES string of the molecule is C#CCCOC(=O)c1c(C)oc2c1C(=O)c1ncccc1C2=O.C=S(C)(=O)c1ccc(OC(=O)c2c(C)oc3c2C(=O)c2ncccc2C3=O)cc1.Cc1oc2c(c1C(=O)Oc1ccccc1OCCCN1CCOCC1)C(=O)c1ncccc1C2=O.O=C(Oc1ccc(OCCCN2CCOCC2)cc1)c1coc2c1C(=O)c1ncccc1C2=O. The molecule has 10 heterocycles. The van der Waals surface area contributed by atoms with E-state index in [4.69, 9.17) is 62.0 Å². The van der Waals surface area contributed by atoms with E-state index in [1.807, 2.05) is 0 Å². The summed E-state index contributed by atoms with van der Waals surface area (Å²) in [5, 5.41) is 0. The number of benzene rings is 3. The van der Waals surface area contributed by atoms with Crippen LogP contribution in [0.1, 0.15) is 207 Å². The number of carbonyl (C=O) groups excluding carboxylic acids is 12. The summed E-state index contributed by atoms with van der Waals surface area (Å²) in [6.45, 7) is 14.1. The second kappa shape index (κ2) is 36.2. The molecule has 4 aliphatic carbocycles. The third-order valence-corrected chi connectivity index (χ3v) is 21.0. The van der Waals surface area contributed by atoms with Gasteiger partial charge in [-0.15, -0.1) is 12.3 Å². The van der Waals surface area contributed by atoms with Crippen LogP contribution in [0.3, 0.4) is 0 Å². The molecule has 0 spiro atoms. The van der Waals surface area contributed by atoms with E-state index in [1.165, 1.54) is 88.2 Å². The fraction of sp³-hybridized carbons (Fsp3) is 0.225. The zero-order valence-electron chi connectivity index (χ0n) is 65.3. The summed E-state index contributed by atoms with van der Waals surface area (Å²) < 4.78 is 77.4. The van der Waals surface area contributed by atoms with Gasteiger partial charge in [-0.3, -0.25) is 72.3 Å². The summed E-state index contributed by atoms with van der Waals surface area (Å²) in [5.74, 6) is -0.0328. The number of carbonyl (C=O) groups is 12. The van der Waals surface area contributed by atoms with Crippen molar-refractivity contribution in [2.75, 3.05) is 91.8 Å². The maximum absolute atomic E-state index is 13.2. The van der Waals surface area contributed by atoms with E-state index in [-0.39, 0.29) is 160 Å². The van der Waals surface area contributed by atoms with E-state index in [9.17, 15) is 61.7 Å². The number of para-hydroxylation sites is 2. The maximum atomic E-state index is 13.2. The molecule has 2 aliphatic heterocycles. The van der Waals surface area contributed by atoms with Gasteiger partial charge in [0, 0.05) is 81.6 Å². The summed E-state index contributed by atoms with van der Waals surface area (Å²) in [6, 6.07) is 31.7. The second-order valence-corrected chi connectivity index (χ2v) is 30.2. The molecular formula is C89H72N6O25S. The molecule has 31 nitrogen and oxygen atoms in total. The van der Waals surface area contributed by atoms with E-state index in [1.54, 1.807) is 84.9 Å². The van der Waals surface area contributed by atoms with Crippen molar-refractivity contribution in [2.24, 2.45) is 0 Å². The van der Waals surface area contributed by atoms with Crippen LogP contribution < -0.4 is 23.7 Å². The predicted octanol–water partition coefficient (Wildman–Crippen LogP) is 10.5. The number of esters is 4. The minimum Gasteiger partial charge on any atom is -0.494 e. The number of aromatic nitrogens is 4. The first kappa shape index (κ1) is 83.1. The number of hydrogen-bond donors (Lipinski definition) is 0. The largest absolute Gasteiger partial charge is 0.494 e. The normalized spacial score (nSPS) is 14.7. The lowest BCUT2D eigenvalue weighted by Crippen LogP contribution is -2.37. The lowest BCUT2D eigenvalue weighted by Gasteiger charge is -2.26. The van der Waals surface area contributed by atoms with E-state index in [0.29, 0.717) is 29.6 Å². The average Bonchev–Trinajstić information content (AvgIpc) is 1.70. The Bertz CT molecular complexity index is 6190. The van der Waals surface area contributed by atoms with E-state index >= 15 is 0 Å². The zero-order valence-corrected chi connectivity index (χ0v) is 66.1. The third-order valence-electron chi connectivity index (χ3n) is 19.7. The van der Waals surface area contributed by atoms with Crippen molar-refractivity contribution in [2.45, 2.75) is 44.9 Å². The number of nitrogens with zero attached hydrogens (tertiary/aromatic N) is 6. The molecule has 6 aliphatic rings. The molecule has 11 aromatic rings. The maximum Gasteiger partial charge on any atom is 0.348 e. The number of hydrogen-bond acceptors (Lipinski definition) is 31. The predicted molar refractivity (Wildman–Crippen MR) is 426 cm³/mol. The number of fused-ring (bicyclic) bond motifs is 8. The van der Waals surface area contributed by atoms with Crippen molar-refractivity contribution in [3.05, 3.63) is 282 Å². The Morgan fingerprint density at radius 1 is 0.446 bits per heavy atom. The lowest BCUT2D eigenvalue weighted by molar-refractivity contribution is 0.0357. The smallest absolute Gasteiger partial charge is 0.348 e. The van der Waals surface area contributed by atoms with Gasteiger partial charge in [0.25, 0.3) is 0 Å². The number of ether oxygens (including phenoxy) is 8. The number of pyridine rings is 4. The van der Waals surface area contributed by atoms with Gasteiger partial charge < -0.3 is 55.6 Å². The number of rotatable bonds is 20. The van der Waals surface area contributed by atoms with Crippen LogP contribution in [0.2, 0.25) is 0 Å². The number of ketones is 8. The summed E-state index contributed by atoms with van der Waals surface area (Å²) >= 11 is 0. The van der Waals surface area contributed by atoms with Crippen LogP contribution >= 0.6 is 0 Å². The van der Waals surface area contributed by atoms with Gasteiger partial charge in [0.15, 0.2) is 34.5 Å². The van der Waals surface area contributed by atoms with Crippen LogP contribution in [0.25, 0.3) is 0 Å². The van der Waals surface area contributed by atoms with E-state index in [2.05, 4.69) is 41.5 Å². The molecule has 0 bridgehead atoms. The third kappa shape index (κ3) is 17.5. The minimum atomic E-state index is -2.40. The second-order valence-electron chi connectivity index (χ2n) is 27.8. The number of furan rings is 4. The van der Waals surface area contributed by atoms with Gasteiger partial charge in [0.1, 0.15) is 92.4 Å². The number of morpholine rings is 2. The first-order valence-electron chi connectivity index (χ1n) is 37.8. The summed E-state index contributed by atoms with van der Waals surface area (Å²) in [7, 11) is -2.40. The van der Waals surface area contributed by atoms with Crippen LogP contribution in [0, 0.1) is 33.1 Å². The van der Waals surface area contributed by atoms with Crippen LogP contribution in [-0.4, -0.2) is 202 Å². The number of aryl methyl sites for hydroxylation is 3. The highest BCUT2D eigenvalue weighted by atomic mass is 32.2. The Morgan fingerprint density at radius 2 is 0.826 bits per heavy atom. The van der Waals surface area contributed by atoms with Crippen LogP contribution in [0.5, 0.6) is 28.7 Å². The van der Waals surface area contributed by atoms with Gasteiger partial charge in [-0.2, -0.15) is 0 Å². The van der Waals surface area contributed by atoms with E-state index < -0.39 is 79.7 Å². The molecule has 2 fully saturated rings. The first-order chi connectivity index (χ1) is 58.4. The Balaban J connectivity index is 0.000000133. The molecular weight excluding hydrogens is 1590 g/mol. The van der Waals surface area contributed by atoms with Crippen LogP contribution in [0.4, 0.5) is 0 Å². The molecule has 0 saturated carbocycles. The Kier molecular flexibility index (Phi) is 24.9. The molecule has 121 heavy (non-hydrogen) atoms. The lowest BCUT2D eigenvalue weighted by atomic mass is 9.90. The molecule has 1 atom stereocenters. The van der Waals surface area contributed by atoms with Crippen molar-refractivity contribution >= 4 is 85.5 Å². The molecule has 0 N–H and O–H groups in total. The van der Waals surface area contributed by atoms with E-state index in [0.717, 1.165) is 84.8 Å². The van der Waals surface area contributed by atoms with Gasteiger partial charge >= 0.3 is 23.9 Å². The van der Waals surface area contributed by atoms with Crippen molar-refractivity contribution in [3.63, 3.8) is 0 Å². The summed E-state index contributed by atoms with van der Waals surface area (Å²) in [4.78, 5) is 174. The van der Waals surface area contributed by atoms with Crippen molar-refractivity contribution in [3.8, 4) is 41.1 Å². The monoisotopic (exact) mass is 1660 g/mol. The summed E-state index contributed by atoms with van der Waals surface area (Å²) in [6.07, 6.45) is 15.3. The molecule has 32 heteroatoms. The van der Waals surface area contributed by atoms with Gasteiger partial charge in [0.05, 0.1) is 84.1 Å². The minimum absolute atomic E-state index is 0.00322. The molecule has 0 amide bonds. The Labute approximate surface area is 689 Å². The number of terminal acetylenes is 1. The highest BCUT2D eigenvalue weighted by Crippen LogP contribution is 2.39. The van der Waals surface area contributed by atoms with Gasteiger partial charge in [-0.25, -0.2) is 19.2 Å². The quantitative estimate of drug-likeness (QED) is 0.0225. The van der Waals surface area contributed by atoms with Gasteiger partial charge in [0.2, 0.25) is 46.3 Å². The molecule has 614 valence electrons. The molecule has 3 aromatic carbocycles. The molecule has 0 radical (unpaired) electrons. The zero-order chi connectivity index (χ0) is 85.3. The van der Waals surface area contributed by atoms with Gasteiger partial charge in [-0.1, -0.05) is 12.1 Å². The first-order valence-corrected chi connectivity index (χ1v) is 40.0. The fourth-order valence-electron chi connectivity index (χ4n) is 13.8. The Morgan fingerprint density at radius 3 is 1.26 bits per heavy atom. The standard InChI is InChI=1S/C26H24N2O7.C25H22N2O7.C21H15NO6S.C17H11NO5/c1-16-20(21-24(30)22-17(6-4-9-27-22)23(29)25(21)34-16)26(31)35-19-8-3-2-7-18(19)33-13-5-10-28-11-14-32-15-12-28;28-22-18-3-1-8-26-21(18)23(29)20-19(15-33-24(20)22)25(30)34-17-6-4-16(5-7-17)32-12-2-9-27-10-13-31-14-11-27;1-11-15(21(25)28-12-6-8-13(9-7-12)29(2,3)26)16-19(24)17-14(5-4-10-22-17)18(23)20(16)27-11;1-3-4-8-22-17(21)11-9(2)23-16-12(11)15(20)13-10(14(16)19)6-5-7-18-13/h2-4,6-9H,5,10-15H2,1H3;1,3-8,15H,2,9-14H2;4-10H,2H2,1,3H3;1,5-7H,4,8H2,2H3. The van der Waals surface area contributed by atoms with Crippen molar-refractivity contribution in [1.29, 1.82) is 0 Å².